The zero-order valence-corrected chi connectivity index (χ0v) is 12.2. The van der Waals surface area contributed by atoms with Crippen LogP contribution in [0.1, 0.15) is 19.4 Å². The van der Waals surface area contributed by atoms with Crippen LogP contribution in [0.15, 0.2) is 53.4 Å². The molecule has 0 aliphatic heterocycles. The molecule has 106 valence electrons. The summed E-state index contributed by atoms with van der Waals surface area (Å²) >= 11 is 0. The second kappa shape index (κ2) is 5.01. The number of hydrogen-bond donors (Lipinski definition) is 2. The molecule has 0 spiro atoms. The summed E-state index contributed by atoms with van der Waals surface area (Å²) in [6, 6.07) is 14.0. The second-order valence-electron chi connectivity index (χ2n) is 5.22. The fraction of sp³-hybridized carbons (Fsp3) is 0.200. The molecule has 2 rings (SSSR count). The fourth-order valence-electron chi connectivity index (χ4n) is 1.91. The number of rotatable bonds is 3. The van der Waals surface area contributed by atoms with Gasteiger partial charge in [0.15, 0.2) is 0 Å². The number of benzene rings is 2. The van der Waals surface area contributed by atoms with Gasteiger partial charge in [-0.15, -0.1) is 0 Å². The van der Waals surface area contributed by atoms with Crippen molar-refractivity contribution < 1.29 is 13.5 Å². The number of aliphatic hydroxyl groups is 1. The van der Waals surface area contributed by atoms with Crippen molar-refractivity contribution in [2.24, 2.45) is 5.14 Å². The highest BCUT2D eigenvalue weighted by Gasteiger charge is 2.20. The Morgan fingerprint density at radius 2 is 1.60 bits per heavy atom. The summed E-state index contributed by atoms with van der Waals surface area (Å²) in [5.74, 6) is 0. The number of primary sulfonamides is 1. The maximum atomic E-state index is 11.6. The lowest BCUT2D eigenvalue weighted by atomic mass is 9.94. The fourth-order valence-corrected chi connectivity index (χ4v) is 2.50. The standard InChI is InChI=1S/C15H17NO3S/c1-15(2,17)13-8-12(11-6-4-3-5-7-11)9-14(10-13)20(16,18)19/h3-10,17H,1-2H3,(H2,16,18,19). The van der Waals surface area contributed by atoms with Crippen molar-refractivity contribution in [1.82, 2.24) is 0 Å². The molecule has 0 bridgehead atoms. The number of sulfonamides is 1. The summed E-state index contributed by atoms with van der Waals surface area (Å²) in [6.07, 6.45) is 0. The molecule has 0 amide bonds. The van der Waals surface area contributed by atoms with E-state index in [0.29, 0.717) is 11.1 Å². The van der Waals surface area contributed by atoms with Crippen LogP contribution in [0, 0.1) is 0 Å². The van der Waals surface area contributed by atoms with Gasteiger partial charge < -0.3 is 5.11 Å². The summed E-state index contributed by atoms with van der Waals surface area (Å²) in [4.78, 5) is -0.00372. The molecule has 3 N–H and O–H groups in total. The topological polar surface area (TPSA) is 80.4 Å². The van der Waals surface area contributed by atoms with Crippen molar-refractivity contribution in [2.75, 3.05) is 0 Å². The van der Waals surface area contributed by atoms with Gasteiger partial charge in [-0.2, -0.15) is 0 Å². The number of hydrogen-bond acceptors (Lipinski definition) is 3. The summed E-state index contributed by atoms with van der Waals surface area (Å²) in [5, 5.41) is 15.3. The van der Waals surface area contributed by atoms with Crippen molar-refractivity contribution in [3.8, 4) is 11.1 Å². The predicted molar refractivity (Wildman–Crippen MR) is 78.5 cm³/mol. The average molecular weight is 291 g/mol. The van der Waals surface area contributed by atoms with Gasteiger partial charge in [0.2, 0.25) is 10.0 Å². The minimum atomic E-state index is -3.83. The monoisotopic (exact) mass is 291 g/mol. The third kappa shape index (κ3) is 3.25. The van der Waals surface area contributed by atoms with Crippen LogP contribution in [0.25, 0.3) is 11.1 Å². The molecule has 0 heterocycles. The lowest BCUT2D eigenvalue weighted by Crippen LogP contribution is -2.18. The highest BCUT2D eigenvalue weighted by molar-refractivity contribution is 7.89. The Kier molecular flexibility index (Phi) is 3.69. The lowest BCUT2D eigenvalue weighted by Gasteiger charge is -2.20. The van der Waals surface area contributed by atoms with Crippen LogP contribution >= 0.6 is 0 Å². The van der Waals surface area contributed by atoms with Crippen LogP contribution in [-0.4, -0.2) is 13.5 Å². The maximum absolute atomic E-state index is 11.6. The van der Waals surface area contributed by atoms with E-state index in [4.69, 9.17) is 5.14 Å². The van der Waals surface area contributed by atoms with Crippen LogP contribution in [0.4, 0.5) is 0 Å². The van der Waals surface area contributed by atoms with Gasteiger partial charge in [-0.1, -0.05) is 30.3 Å². The molecule has 0 unspecified atom stereocenters. The van der Waals surface area contributed by atoms with Crippen molar-refractivity contribution in [3.63, 3.8) is 0 Å². The van der Waals surface area contributed by atoms with Gasteiger partial charge in [-0.05, 0) is 48.7 Å². The Morgan fingerprint density at radius 1 is 1.00 bits per heavy atom. The van der Waals surface area contributed by atoms with Crippen LogP contribution in [-0.2, 0) is 15.6 Å². The van der Waals surface area contributed by atoms with E-state index in [-0.39, 0.29) is 4.90 Å². The molecule has 0 saturated heterocycles. The molecule has 0 fully saturated rings. The largest absolute Gasteiger partial charge is 0.386 e. The number of nitrogens with two attached hydrogens (primary N) is 1. The zero-order chi connectivity index (χ0) is 15.0. The van der Waals surface area contributed by atoms with Gasteiger partial charge in [0.1, 0.15) is 0 Å². The molecule has 0 aliphatic rings. The Balaban J connectivity index is 2.70. The first kappa shape index (κ1) is 14.7. The molecular weight excluding hydrogens is 274 g/mol. The molecule has 0 aliphatic carbocycles. The highest BCUT2D eigenvalue weighted by Crippen LogP contribution is 2.29. The molecule has 0 aromatic heterocycles. The summed E-state index contributed by atoms with van der Waals surface area (Å²) in [7, 11) is -3.83. The SMILES string of the molecule is CC(C)(O)c1cc(-c2ccccc2)cc(S(N)(=O)=O)c1. The van der Waals surface area contributed by atoms with E-state index >= 15 is 0 Å². The van der Waals surface area contributed by atoms with Crippen LogP contribution in [0.2, 0.25) is 0 Å². The van der Waals surface area contributed by atoms with Crippen molar-refractivity contribution in [1.29, 1.82) is 0 Å². The molecule has 2 aromatic rings. The van der Waals surface area contributed by atoms with Crippen molar-refractivity contribution in [3.05, 3.63) is 54.1 Å². The first-order valence-electron chi connectivity index (χ1n) is 6.14. The van der Waals surface area contributed by atoms with Gasteiger partial charge in [0, 0.05) is 0 Å². The third-order valence-corrected chi connectivity index (χ3v) is 3.94. The molecule has 4 nitrogen and oxygen atoms in total. The average Bonchev–Trinajstić information content (AvgIpc) is 2.37. The zero-order valence-electron chi connectivity index (χ0n) is 11.4. The van der Waals surface area contributed by atoms with Crippen molar-refractivity contribution >= 4 is 10.0 Å². The molecule has 20 heavy (non-hydrogen) atoms. The van der Waals surface area contributed by atoms with Crippen LogP contribution in [0.5, 0.6) is 0 Å². The molecule has 0 saturated carbocycles. The van der Waals surface area contributed by atoms with Crippen molar-refractivity contribution in [2.45, 2.75) is 24.3 Å². The minimum absolute atomic E-state index is 0.00372. The minimum Gasteiger partial charge on any atom is -0.386 e. The third-order valence-electron chi connectivity index (χ3n) is 3.05. The van der Waals surface area contributed by atoms with E-state index in [9.17, 15) is 13.5 Å². The lowest BCUT2D eigenvalue weighted by molar-refractivity contribution is 0.0784. The predicted octanol–water partition coefficient (Wildman–Crippen LogP) is 2.23. The molecular formula is C15H17NO3S. The summed E-state index contributed by atoms with van der Waals surface area (Å²) in [6.45, 7) is 3.20. The van der Waals surface area contributed by atoms with Gasteiger partial charge in [-0.3, -0.25) is 0 Å². The van der Waals surface area contributed by atoms with E-state index in [1.165, 1.54) is 12.1 Å². The highest BCUT2D eigenvalue weighted by atomic mass is 32.2. The Hall–Kier alpha value is -1.69. The normalized spacial score (nSPS) is 12.4. The Bertz CT molecular complexity index is 717. The van der Waals surface area contributed by atoms with E-state index in [0.717, 1.165) is 5.56 Å². The van der Waals surface area contributed by atoms with E-state index < -0.39 is 15.6 Å². The Labute approximate surface area is 118 Å². The van der Waals surface area contributed by atoms with Gasteiger partial charge >= 0.3 is 0 Å². The summed E-state index contributed by atoms with van der Waals surface area (Å²) < 4.78 is 23.2. The first-order valence-corrected chi connectivity index (χ1v) is 7.69. The molecule has 0 atom stereocenters. The smallest absolute Gasteiger partial charge is 0.238 e. The van der Waals surface area contributed by atoms with Gasteiger partial charge in [0.05, 0.1) is 10.5 Å². The molecule has 0 radical (unpaired) electrons. The van der Waals surface area contributed by atoms with Gasteiger partial charge in [-0.25, -0.2) is 13.6 Å². The Morgan fingerprint density at radius 3 is 2.10 bits per heavy atom. The van der Waals surface area contributed by atoms with E-state index in [1.54, 1.807) is 19.9 Å². The second-order valence-corrected chi connectivity index (χ2v) is 6.78. The maximum Gasteiger partial charge on any atom is 0.238 e. The molecule has 2 aromatic carbocycles. The van der Waals surface area contributed by atoms with E-state index in [1.807, 2.05) is 30.3 Å². The van der Waals surface area contributed by atoms with Crippen LogP contribution in [0.3, 0.4) is 0 Å². The van der Waals surface area contributed by atoms with E-state index in [2.05, 4.69) is 0 Å². The molecule has 5 heteroatoms. The quantitative estimate of drug-likeness (QED) is 0.910. The first-order chi connectivity index (χ1) is 9.18. The summed E-state index contributed by atoms with van der Waals surface area (Å²) in [5.41, 5.74) is 0.921. The van der Waals surface area contributed by atoms with Gasteiger partial charge in [0.25, 0.3) is 0 Å². The van der Waals surface area contributed by atoms with Crippen LogP contribution < -0.4 is 5.14 Å².